The van der Waals surface area contributed by atoms with Gasteiger partial charge in [-0.2, -0.15) is 0 Å². The third-order valence-corrected chi connectivity index (χ3v) is 1.98. The molecule has 0 N–H and O–H groups in total. The Hall–Kier alpha value is -2.25. The average Bonchev–Trinajstić information content (AvgIpc) is 2.38. The number of carbonyl (C=O) groups excluding carboxylic acids is 2. The number of halogens is 1. The van der Waals surface area contributed by atoms with Crippen LogP contribution in [0.5, 0.6) is 0 Å². The molecule has 0 saturated heterocycles. The fourth-order valence-electron chi connectivity index (χ4n) is 1.11. The molecule has 7 nitrogen and oxygen atoms in total. The third-order valence-electron chi connectivity index (χ3n) is 1.98. The van der Waals surface area contributed by atoms with Crippen LogP contribution in [-0.4, -0.2) is 49.2 Å². The molecule has 0 saturated carbocycles. The van der Waals surface area contributed by atoms with E-state index in [1.165, 1.54) is 19.1 Å². The summed E-state index contributed by atoms with van der Waals surface area (Å²) in [6, 6.07) is 0. The van der Waals surface area contributed by atoms with Gasteiger partial charge in [-0.1, -0.05) is 0 Å². The van der Waals surface area contributed by atoms with E-state index in [0.29, 0.717) is 0 Å². The predicted octanol–water partition coefficient (Wildman–Crippen LogP) is -0.232. The van der Waals surface area contributed by atoms with Crippen molar-refractivity contribution in [1.29, 1.82) is 0 Å². The number of methoxy groups -OCH3 is 2. The number of hydrogen-bond acceptors (Lipinski definition) is 7. The van der Waals surface area contributed by atoms with E-state index in [0.717, 1.165) is 12.4 Å². The summed E-state index contributed by atoms with van der Waals surface area (Å²) < 4.78 is 21.6. The molecule has 0 radical (unpaired) electrons. The topological polar surface area (TPSA) is 81.6 Å². The van der Waals surface area contributed by atoms with Gasteiger partial charge in [-0.15, -0.1) is 0 Å². The van der Waals surface area contributed by atoms with Gasteiger partial charge in [-0.05, 0) is 0 Å². The van der Waals surface area contributed by atoms with Crippen LogP contribution < -0.4 is 4.90 Å². The first kappa shape index (κ1) is 13.8. The third kappa shape index (κ3) is 3.96. The standard InChI is InChI=1S/C10H12FN3O4/c1-17-8(15)5-14(6-9(16)18-2)10-12-3-7(11)4-13-10/h3-4H,5-6H2,1-2H3. The molecule has 0 aliphatic heterocycles. The van der Waals surface area contributed by atoms with Crippen LogP contribution in [0.2, 0.25) is 0 Å². The van der Waals surface area contributed by atoms with E-state index < -0.39 is 17.8 Å². The lowest BCUT2D eigenvalue weighted by Gasteiger charge is -2.19. The lowest BCUT2D eigenvalue weighted by molar-refractivity contribution is -0.140. The highest BCUT2D eigenvalue weighted by atomic mass is 19.1. The van der Waals surface area contributed by atoms with E-state index in [1.807, 2.05) is 0 Å². The van der Waals surface area contributed by atoms with Gasteiger partial charge in [-0.3, -0.25) is 9.59 Å². The van der Waals surface area contributed by atoms with Crippen molar-refractivity contribution in [3.8, 4) is 0 Å². The number of anilines is 1. The number of carbonyl (C=O) groups is 2. The molecule has 18 heavy (non-hydrogen) atoms. The number of esters is 2. The molecule has 0 amide bonds. The van der Waals surface area contributed by atoms with Crippen LogP contribution in [0.1, 0.15) is 0 Å². The summed E-state index contributed by atoms with van der Waals surface area (Å²) in [6.45, 7) is -0.478. The Bertz CT molecular complexity index is 406. The first-order chi connectivity index (χ1) is 8.56. The van der Waals surface area contributed by atoms with Crippen molar-refractivity contribution in [2.24, 2.45) is 0 Å². The monoisotopic (exact) mass is 257 g/mol. The van der Waals surface area contributed by atoms with E-state index in [-0.39, 0.29) is 19.0 Å². The summed E-state index contributed by atoms with van der Waals surface area (Å²) in [5.41, 5.74) is 0. The Balaban J connectivity index is 2.85. The Morgan fingerprint density at radius 3 is 2.00 bits per heavy atom. The second-order valence-electron chi connectivity index (χ2n) is 3.21. The van der Waals surface area contributed by atoms with Crippen LogP contribution in [0, 0.1) is 5.82 Å². The van der Waals surface area contributed by atoms with Gasteiger partial charge in [0.25, 0.3) is 0 Å². The van der Waals surface area contributed by atoms with E-state index in [2.05, 4.69) is 19.4 Å². The highest BCUT2D eigenvalue weighted by molar-refractivity contribution is 5.80. The molecular weight excluding hydrogens is 245 g/mol. The molecule has 0 atom stereocenters. The molecule has 1 rings (SSSR count). The van der Waals surface area contributed by atoms with Crippen LogP contribution >= 0.6 is 0 Å². The maximum Gasteiger partial charge on any atom is 0.325 e. The minimum atomic E-state index is -0.616. The Kier molecular flexibility index (Phi) is 4.97. The van der Waals surface area contributed by atoms with E-state index in [4.69, 9.17) is 0 Å². The summed E-state index contributed by atoms with van der Waals surface area (Å²) >= 11 is 0. The molecule has 1 aromatic heterocycles. The maximum atomic E-state index is 12.7. The van der Waals surface area contributed by atoms with Gasteiger partial charge in [0.05, 0.1) is 26.6 Å². The second-order valence-corrected chi connectivity index (χ2v) is 3.21. The lowest BCUT2D eigenvalue weighted by atomic mass is 10.5. The van der Waals surface area contributed by atoms with E-state index in [1.54, 1.807) is 0 Å². The zero-order chi connectivity index (χ0) is 13.5. The van der Waals surface area contributed by atoms with Gasteiger partial charge >= 0.3 is 11.9 Å². The zero-order valence-electron chi connectivity index (χ0n) is 9.92. The fraction of sp³-hybridized carbons (Fsp3) is 0.400. The van der Waals surface area contributed by atoms with Crippen molar-refractivity contribution in [3.63, 3.8) is 0 Å². The molecular formula is C10H12FN3O4. The largest absolute Gasteiger partial charge is 0.468 e. The summed E-state index contributed by atoms with van der Waals surface area (Å²) in [5, 5.41) is 0. The number of aromatic nitrogens is 2. The number of hydrogen-bond donors (Lipinski definition) is 0. The van der Waals surface area contributed by atoms with Gasteiger partial charge < -0.3 is 14.4 Å². The molecule has 0 aromatic carbocycles. The van der Waals surface area contributed by atoms with E-state index in [9.17, 15) is 14.0 Å². The quantitative estimate of drug-likeness (QED) is 0.674. The molecule has 0 aliphatic carbocycles. The zero-order valence-corrected chi connectivity index (χ0v) is 9.92. The molecule has 0 unspecified atom stereocenters. The molecule has 8 heteroatoms. The molecule has 98 valence electrons. The first-order valence-corrected chi connectivity index (χ1v) is 4.93. The van der Waals surface area contributed by atoms with Gasteiger partial charge in [0.1, 0.15) is 13.1 Å². The van der Waals surface area contributed by atoms with Gasteiger partial charge in [-0.25, -0.2) is 14.4 Å². The van der Waals surface area contributed by atoms with Crippen LogP contribution in [0.4, 0.5) is 10.3 Å². The number of ether oxygens (including phenoxy) is 2. The lowest BCUT2D eigenvalue weighted by Crippen LogP contribution is -2.36. The van der Waals surface area contributed by atoms with Gasteiger partial charge in [0.2, 0.25) is 5.95 Å². The molecule has 0 bridgehead atoms. The number of rotatable bonds is 5. The summed E-state index contributed by atoms with van der Waals surface area (Å²) in [4.78, 5) is 30.9. The predicted molar refractivity (Wildman–Crippen MR) is 58.2 cm³/mol. The molecule has 1 aromatic rings. The van der Waals surface area contributed by atoms with Crippen LogP contribution in [0.25, 0.3) is 0 Å². The van der Waals surface area contributed by atoms with Crippen molar-refractivity contribution < 1.29 is 23.5 Å². The van der Waals surface area contributed by atoms with Crippen molar-refractivity contribution in [1.82, 2.24) is 9.97 Å². The van der Waals surface area contributed by atoms with Crippen LogP contribution in [0.15, 0.2) is 12.4 Å². The number of nitrogens with zero attached hydrogens (tertiary/aromatic N) is 3. The Morgan fingerprint density at radius 1 is 1.17 bits per heavy atom. The second kappa shape index (κ2) is 6.48. The Morgan fingerprint density at radius 2 is 1.61 bits per heavy atom. The Labute approximate surface area is 103 Å². The molecule has 0 spiro atoms. The van der Waals surface area contributed by atoms with Crippen LogP contribution in [-0.2, 0) is 19.1 Å². The highest BCUT2D eigenvalue weighted by Gasteiger charge is 2.18. The van der Waals surface area contributed by atoms with Crippen molar-refractivity contribution >= 4 is 17.9 Å². The minimum Gasteiger partial charge on any atom is -0.468 e. The maximum absolute atomic E-state index is 12.7. The van der Waals surface area contributed by atoms with Crippen molar-refractivity contribution in [2.75, 3.05) is 32.2 Å². The van der Waals surface area contributed by atoms with Gasteiger partial charge in [0.15, 0.2) is 5.82 Å². The van der Waals surface area contributed by atoms with E-state index >= 15 is 0 Å². The molecule has 1 heterocycles. The minimum absolute atomic E-state index is 0.0344. The molecule has 0 fully saturated rings. The van der Waals surface area contributed by atoms with Crippen LogP contribution in [0.3, 0.4) is 0 Å². The van der Waals surface area contributed by atoms with Gasteiger partial charge in [0, 0.05) is 0 Å². The molecule has 0 aliphatic rings. The fourth-order valence-corrected chi connectivity index (χ4v) is 1.11. The summed E-state index contributed by atoms with van der Waals surface area (Å²) in [7, 11) is 2.42. The first-order valence-electron chi connectivity index (χ1n) is 4.93. The van der Waals surface area contributed by atoms with Crippen molar-refractivity contribution in [3.05, 3.63) is 18.2 Å². The summed E-state index contributed by atoms with van der Waals surface area (Å²) in [5.74, 6) is -1.74. The summed E-state index contributed by atoms with van der Waals surface area (Å²) in [6.07, 6.45) is 1.87. The normalized spacial score (nSPS) is 9.72. The SMILES string of the molecule is COC(=O)CN(CC(=O)OC)c1ncc(F)cn1. The smallest absolute Gasteiger partial charge is 0.325 e. The highest BCUT2D eigenvalue weighted by Crippen LogP contribution is 2.06. The average molecular weight is 257 g/mol. The van der Waals surface area contributed by atoms with Crippen molar-refractivity contribution in [2.45, 2.75) is 0 Å².